The maximum absolute atomic E-state index is 12.1. The van der Waals surface area contributed by atoms with Crippen LogP contribution in [0.3, 0.4) is 0 Å². The van der Waals surface area contributed by atoms with Gasteiger partial charge < -0.3 is 9.47 Å². The second-order valence-electron chi connectivity index (χ2n) is 5.95. The quantitative estimate of drug-likeness (QED) is 0.846. The Bertz CT molecular complexity index is 806. The van der Waals surface area contributed by atoms with Crippen LogP contribution in [0.4, 0.5) is 0 Å². The van der Waals surface area contributed by atoms with Crippen LogP contribution < -0.4 is 4.74 Å². The minimum absolute atomic E-state index is 0.235. The van der Waals surface area contributed by atoms with Crippen LogP contribution in [0.15, 0.2) is 12.1 Å². The van der Waals surface area contributed by atoms with Crippen LogP contribution in [-0.4, -0.2) is 22.8 Å². The summed E-state index contributed by atoms with van der Waals surface area (Å²) in [5, 5.41) is 16.2. The number of esters is 1. The van der Waals surface area contributed by atoms with Gasteiger partial charge in [-0.2, -0.15) is 10.4 Å². The van der Waals surface area contributed by atoms with Gasteiger partial charge in [-0.05, 0) is 56.9 Å². The average Bonchev–Trinajstić information content (AvgIpc) is 3.28. The summed E-state index contributed by atoms with van der Waals surface area (Å²) in [6, 6.07) is 5.78. The maximum Gasteiger partial charge on any atom is 0.360 e. The third kappa shape index (κ3) is 2.98. The molecule has 124 valence electrons. The predicted molar refractivity (Wildman–Crippen MR) is 87.2 cm³/mol. The zero-order valence-corrected chi connectivity index (χ0v) is 14.0. The van der Waals surface area contributed by atoms with Crippen LogP contribution >= 0.6 is 0 Å². The van der Waals surface area contributed by atoms with Crippen molar-refractivity contribution >= 4 is 5.97 Å². The molecule has 0 saturated heterocycles. The topological polar surface area (TPSA) is 88.0 Å². The lowest BCUT2D eigenvalue weighted by molar-refractivity contribution is 0.0516. The maximum atomic E-state index is 12.1. The molecule has 1 saturated carbocycles. The second-order valence-corrected chi connectivity index (χ2v) is 5.95. The standard InChI is InChI=1S/C18H19N3O3/c1-4-23-18(22)16-17(15(20-21-16)12-5-6-12)24-13-7-10(2)14(9-19)11(3)8-13/h7-8,12H,4-6H2,1-3H3,(H,20,21). The molecule has 0 spiro atoms. The van der Waals surface area contributed by atoms with E-state index in [-0.39, 0.29) is 12.3 Å². The van der Waals surface area contributed by atoms with Crippen molar-refractivity contribution in [2.75, 3.05) is 6.61 Å². The van der Waals surface area contributed by atoms with Gasteiger partial charge in [-0.25, -0.2) is 4.79 Å². The third-order valence-corrected chi connectivity index (χ3v) is 4.03. The summed E-state index contributed by atoms with van der Waals surface area (Å²) in [4.78, 5) is 12.1. The van der Waals surface area contributed by atoms with Crippen LogP contribution in [0.1, 0.15) is 58.6 Å². The van der Waals surface area contributed by atoms with E-state index in [9.17, 15) is 10.1 Å². The van der Waals surface area contributed by atoms with Gasteiger partial charge in [-0.15, -0.1) is 0 Å². The van der Waals surface area contributed by atoms with Crippen molar-refractivity contribution < 1.29 is 14.3 Å². The van der Waals surface area contributed by atoms with E-state index in [1.54, 1.807) is 19.1 Å². The Morgan fingerprint density at radius 3 is 2.58 bits per heavy atom. The fraction of sp³-hybridized carbons (Fsp3) is 0.389. The van der Waals surface area contributed by atoms with Gasteiger partial charge in [0.2, 0.25) is 0 Å². The van der Waals surface area contributed by atoms with E-state index in [0.29, 0.717) is 23.0 Å². The number of ether oxygens (including phenoxy) is 2. The number of nitrogens with one attached hydrogen (secondary N) is 1. The van der Waals surface area contributed by atoms with Gasteiger partial charge in [-0.3, -0.25) is 5.10 Å². The Labute approximate surface area is 140 Å². The zero-order chi connectivity index (χ0) is 17.3. The van der Waals surface area contributed by atoms with E-state index in [2.05, 4.69) is 16.3 Å². The number of aromatic nitrogens is 2. The number of benzene rings is 1. The van der Waals surface area contributed by atoms with Crippen LogP contribution in [0.25, 0.3) is 0 Å². The van der Waals surface area contributed by atoms with Crippen LogP contribution in [0, 0.1) is 25.2 Å². The molecule has 0 bridgehead atoms. The first kappa shape index (κ1) is 16.1. The van der Waals surface area contributed by atoms with Crippen molar-refractivity contribution in [3.8, 4) is 17.6 Å². The Balaban J connectivity index is 1.98. The van der Waals surface area contributed by atoms with Gasteiger partial charge in [0.25, 0.3) is 0 Å². The smallest absolute Gasteiger partial charge is 0.360 e. The lowest BCUT2D eigenvalue weighted by atomic mass is 10.0. The van der Waals surface area contributed by atoms with E-state index in [1.165, 1.54) is 0 Å². The molecule has 24 heavy (non-hydrogen) atoms. The van der Waals surface area contributed by atoms with E-state index < -0.39 is 5.97 Å². The summed E-state index contributed by atoms with van der Waals surface area (Å²) in [5.41, 5.74) is 3.31. The molecule has 1 fully saturated rings. The first-order chi connectivity index (χ1) is 11.5. The zero-order valence-electron chi connectivity index (χ0n) is 14.0. The molecular weight excluding hydrogens is 306 g/mol. The first-order valence-electron chi connectivity index (χ1n) is 7.99. The molecule has 6 heteroatoms. The summed E-state index contributed by atoms with van der Waals surface area (Å²) in [6.45, 7) is 5.76. The van der Waals surface area contributed by atoms with Gasteiger partial charge in [-0.1, -0.05) is 0 Å². The van der Waals surface area contributed by atoms with Gasteiger partial charge in [0.1, 0.15) is 11.4 Å². The number of rotatable bonds is 5. The molecule has 1 aliphatic carbocycles. The normalized spacial score (nSPS) is 13.4. The molecule has 1 aromatic carbocycles. The molecule has 0 radical (unpaired) electrons. The number of H-pyrrole nitrogens is 1. The highest BCUT2D eigenvalue weighted by Gasteiger charge is 2.33. The SMILES string of the molecule is CCOC(=O)c1[nH]nc(C2CC2)c1Oc1cc(C)c(C#N)c(C)c1. The Morgan fingerprint density at radius 1 is 1.38 bits per heavy atom. The predicted octanol–water partition coefficient (Wildman–Crippen LogP) is 3.74. The number of aryl methyl sites for hydroxylation is 2. The minimum Gasteiger partial charge on any atom is -0.461 e. The minimum atomic E-state index is -0.478. The van der Waals surface area contributed by atoms with E-state index in [0.717, 1.165) is 29.7 Å². The van der Waals surface area contributed by atoms with Crippen LogP contribution in [0.2, 0.25) is 0 Å². The van der Waals surface area contributed by atoms with E-state index in [1.807, 2.05) is 13.8 Å². The number of carbonyl (C=O) groups excluding carboxylic acids is 1. The number of nitriles is 1. The van der Waals surface area contributed by atoms with Gasteiger partial charge in [0.05, 0.1) is 18.2 Å². The number of aromatic amines is 1. The molecule has 0 aliphatic heterocycles. The lowest BCUT2D eigenvalue weighted by Gasteiger charge is -2.11. The van der Waals surface area contributed by atoms with Crippen molar-refractivity contribution in [1.29, 1.82) is 5.26 Å². The fourth-order valence-electron chi connectivity index (χ4n) is 2.70. The molecule has 1 heterocycles. The van der Waals surface area contributed by atoms with Crippen molar-refractivity contribution in [3.05, 3.63) is 40.2 Å². The van der Waals surface area contributed by atoms with Crippen molar-refractivity contribution in [2.45, 2.75) is 39.5 Å². The molecule has 0 unspecified atom stereocenters. The Hall–Kier alpha value is -2.81. The van der Waals surface area contributed by atoms with Crippen LogP contribution in [-0.2, 0) is 4.74 Å². The molecule has 0 atom stereocenters. The number of hydrogen-bond acceptors (Lipinski definition) is 5. The van der Waals surface area contributed by atoms with E-state index in [4.69, 9.17) is 9.47 Å². The summed E-state index contributed by atoms with van der Waals surface area (Å²) < 4.78 is 11.1. The van der Waals surface area contributed by atoms with Crippen molar-refractivity contribution in [1.82, 2.24) is 10.2 Å². The highest BCUT2D eigenvalue weighted by molar-refractivity contribution is 5.91. The molecule has 1 aromatic heterocycles. The van der Waals surface area contributed by atoms with E-state index >= 15 is 0 Å². The molecule has 1 N–H and O–H groups in total. The second kappa shape index (κ2) is 6.36. The Morgan fingerprint density at radius 2 is 2.04 bits per heavy atom. The molecule has 2 aromatic rings. The van der Waals surface area contributed by atoms with Gasteiger partial charge in [0.15, 0.2) is 11.4 Å². The summed E-state index contributed by atoms with van der Waals surface area (Å²) >= 11 is 0. The first-order valence-corrected chi connectivity index (χ1v) is 7.99. The lowest BCUT2D eigenvalue weighted by Crippen LogP contribution is -2.07. The monoisotopic (exact) mass is 325 g/mol. The number of carbonyl (C=O) groups is 1. The highest BCUT2D eigenvalue weighted by Crippen LogP contribution is 2.45. The molecule has 1 aliphatic rings. The van der Waals surface area contributed by atoms with Gasteiger partial charge >= 0.3 is 5.97 Å². The molecule has 0 amide bonds. The molecular formula is C18H19N3O3. The fourth-order valence-corrected chi connectivity index (χ4v) is 2.70. The Kier molecular flexibility index (Phi) is 4.26. The van der Waals surface area contributed by atoms with Crippen LogP contribution in [0.5, 0.6) is 11.5 Å². The summed E-state index contributed by atoms with van der Waals surface area (Å²) in [5.74, 6) is 0.853. The number of nitrogens with zero attached hydrogens (tertiary/aromatic N) is 2. The van der Waals surface area contributed by atoms with Crippen molar-refractivity contribution in [2.24, 2.45) is 0 Å². The number of hydrogen-bond donors (Lipinski definition) is 1. The average molecular weight is 325 g/mol. The molecule has 3 rings (SSSR count). The van der Waals surface area contributed by atoms with Gasteiger partial charge in [0, 0.05) is 5.92 Å². The van der Waals surface area contributed by atoms with Crippen molar-refractivity contribution in [3.63, 3.8) is 0 Å². The highest BCUT2D eigenvalue weighted by atomic mass is 16.5. The third-order valence-electron chi connectivity index (χ3n) is 4.03. The summed E-state index contributed by atoms with van der Waals surface area (Å²) in [7, 11) is 0. The largest absolute Gasteiger partial charge is 0.461 e. The molecule has 6 nitrogen and oxygen atoms in total. The summed E-state index contributed by atoms with van der Waals surface area (Å²) in [6.07, 6.45) is 2.07.